The molecule has 0 unspecified atom stereocenters. The standard InChI is InChI=1S/C7H6ClNO2/c8-5-1-3-6(4-2-5)9-7(10)11/h1-4,9H,(H,10,11). The average molecular weight is 172 g/mol. The number of amides is 1. The van der Waals surface area contributed by atoms with Crippen molar-refractivity contribution in [1.82, 2.24) is 0 Å². The van der Waals surface area contributed by atoms with E-state index in [9.17, 15) is 4.79 Å². The summed E-state index contributed by atoms with van der Waals surface area (Å²) in [7, 11) is 0. The Balaban J connectivity index is 2.74. The molecule has 0 aromatic heterocycles. The highest BCUT2D eigenvalue weighted by molar-refractivity contribution is 6.30. The summed E-state index contributed by atoms with van der Waals surface area (Å²) in [6.45, 7) is 0. The maximum Gasteiger partial charge on any atom is 0.409 e. The predicted molar refractivity (Wildman–Crippen MR) is 43.1 cm³/mol. The van der Waals surface area contributed by atoms with Crippen molar-refractivity contribution in [3.63, 3.8) is 0 Å². The van der Waals surface area contributed by atoms with Crippen molar-refractivity contribution in [2.75, 3.05) is 5.32 Å². The van der Waals surface area contributed by atoms with Crippen molar-refractivity contribution in [2.24, 2.45) is 0 Å². The molecule has 0 atom stereocenters. The number of anilines is 1. The molecule has 3 nitrogen and oxygen atoms in total. The largest absolute Gasteiger partial charge is 0.465 e. The molecule has 0 spiro atoms. The lowest BCUT2D eigenvalue weighted by Crippen LogP contribution is -2.06. The van der Waals surface area contributed by atoms with E-state index in [-0.39, 0.29) is 0 Å². The number of halogens is 1. The zero-order chi connectivity index (χ0) is 8.27. The molecule has 0 aliphatic carbocycles. The maximum atomic E-state index is 10.1. The first-order valence-corrected chi connectivity index (χ1v) is 3.32. The summed E-state index contributed by atoms with van der Waals surface area (Å²) < 4.78 is 0. The minimum absolute atomic E-state index is 0.516. The molecule has 0 bridgehead atoms. The third kappa shape index (κ3) is 2.47. The molecule has 4 heteroatoms. The van der Waals surface area contributed by atoms with Gasteiger partial charge in [-0.1, -0.05) is 11.6 Å². The second-order valence-corrected chi connectivity index (χ2v) is 2.37. The monoisotopic (exact) mass is 171 g/mol. The summed E-state index contributed by atoms with van der Waals surface area (Å²) >= 11 is 5.57. The Morgan fingerprint density at radius 1 is 1.36 bits per heavy atom. The molecular formula is C7H6ClNO2. The van der Waals surface area contributed by atoms with Crippen LogP contribution in [-0.4, -0.2) is 11.2 Å². The summed E-state index contributed by atoms with van der Waals surface area (Å²) in [5, 5.41) is 11.1. The molecule has 0 fully saturated rings. The number of carbonyl (C=O) groups is 1. The van der Waals surface area contributed by atoms with Gasteiger partial charge in [0.1, 0.15) is 0 Å². The topological polar surface area (TPSA) is 49.3 Å². The van der Waals surface area contributed by atoms with Gasteiger partial charge >= 0.3 is 6.09 Å². The Hall–Kier alpha value is -1.22. The van der Waals surface area contributed by atoms with Crippen LogP contribution in [0.2, 0.25) is 5.02 Å². The third-order valence-corrected chi connectivity index (χ3v) is 1.35. The lowest BCUT2D eigenvalue weighted by molar-refractivity contribution is 0.210. The van der Waals surface area contributed by atoms with Crippen molar-refractivity contribution in [1.29, 1.82) is 0 Å². The molecule has 11 heavy (non-hydrogen) atoms. The molecule has 0 heterocycles. The van der Waals surface area contributed by atoms with Gasteiger partial charge in [0.15, 0.2) is 0 Å². The lowest BCUT2D eigenvalue weighted by atomic mass is 10.3. The first-order chi connectivity index (χ1) is 5.18. The number of nitrogens with one attached hydrogen (secondary N) is 1. The molecule has 58 valence electrons. The van der Waals surface area contributed by atoms with Gasteiger partial charge in [-0.25, -0.2) is 4.79 Å². The van der Waals surface area contributed by atoms with Crippen LogP contribution in [0.4, 0.5) is 10.5 Å². The molecule has 1 aromatic carbocycles. The van der Waals surface area contributed by atoms with Gasteiger partial charge in [-0.3, -0.25) is 5.32 Å². The van der Waals surface area contributed by atoms with Crippen LogP contribution >= 0.6 is 11.6 Å². The summed E-state index contributed by atoms with van der Waals surface area (Å²) in [4.78, 5) is 10.1. The van der Waals surface area contributed by atoms with Gasteiger partial charge in [0, 0.05) is 10.7 Å². The van der Waals surface area contributed by atoms with E-state index >= 15 is 0 Å². The van der Waals surface area contributed by atoms with E-state index in [1.165, 1.54) is 0 Å². The SMILES string of the molecule is O=C(O)Nc1ccc(Cl)cc1. The third-order valence-electron chi connectivity index (χ3n) is 1.10. The van der Waals surface area contributed by atoms with Crippen LogP contribution in [0.25, 0.3) is 0 Å². The van der Waals surface area contributed by atoms with Crippen molar-refractivity contribution in [3.8, 4) is 0 Å². The second-order valence-electron chi connectivity index (χ2n) is 1.94. The fourth-order valence-electron chi connectivity index (χ4n) is 0.657. The number of rotatable bonds is 1. The lowest BCUT2D eigenvalue weighted by Gasteiger charge is -1.98. The van der Waals surface area contributed by atoms with Crippen molar-refractivity contribution < 1.29 is 9.90 Å². The van der Waals surface area contributed by atoms with E-state index in [0.29, 0.717) is 10.7 Å². The van der Waals surface area contributed by atoms with E-state index in [4.69, 9.17) is 16.7 Å². The highest BCUT2D eigenvalue weighted by atomic mass is 35.5. The normalized spacial score (nSPS) is 9.18. The Bertz CT molecular complexity index is 258. The molecule has 1 rings (SSSR count). The first kappa shape index (κ1) is 7.88. The van der Waals surface area contributed by atoms with Crippen molar-refractivity contribution >= 4 is 23.4 Å². The number of hydrogen-bond donors (Lipinski definition) is 2. The fraction of sp³-hybridized carbons (Fsp3) is 0. The molecule has 0 saturated carbocycles. The van der Waals surface area contributed by atoms with Crippen LogP contribution in [-0.2, 0) is 0 Å². The van der Waals surface area contributed by atoms with Crippen molar-refractivity contribution in [2.45, 2.75) is 0 Å². The highest BCUT2D eigenvalue weighted by Gasteiger charge is 1.95. The molecule has 0 radical (unpaired) electrons. The number of benzene rings is 1. The molecule has 1 aromatic rings. The van der Waals surface area contributed by atoms with Crippen LogP contribution in [0.3, 0.4) is 0 Å². The summed E-state index contributed by atoms with van der Waals surface area (Å²) in [6, 6.07) is 6.42. The maximum absolute atomic E-state index is 10.1. The predicted octanol–water partition coefficient (Wildman–Crippen LogP) is 2.43. The van der Waals surface area contributed by atoms with Gasteiger partial charge in [-0.2, -0.15) is 0 Å². The van der Waals surface area contributed by atoms with E-state index in [1.54, 1.807) is 24.3 Å². The fourth-order valence-corrected chi connectivity index (χ4v) is 0.783. The zero-order valence-electron chi connectivity index (χ0n) is 5.54. The minimum Gasteiger partial charge on any atom is -0.465 e. The molecular weight excluding hydrogens is 166 g/mol. The summed E-state index contributed by atoms with van der Waals surface area (Å²) in [5.41, 5.74) is 0.516. The van der Waals surface area contributed by atoms with Crippen LogP contribution in [0.15, 0.2) is 24.3 Å². The molecule has 0 aliphatic rings. The molecule has 0 aliphatic heterocycles. The number of carboxylic acid groups (broad SMARTS) is 1. The van der Waals surface area contributed by atoms with Crippen LogP contribution in [0.5, 0.6) is 0 Å². The van der Waals surface area contributed by atoms with Gasteiger partial charge < -0.3 is 5.11 Å². The van der Waals surface area contributed by atoms with Gasteiger partial charge in [-0.15, -0.1) is 0 Å². The minimum atomic E-state index is -1.08. The zero-order valence-corrected chi connectivity index (χ0v) is 6.30. The second kappa shape index (κ2) is 3.25. The van der Waals surface area contributed by atoms with Gasteiger partial charge in [0.05, 0.1) is 0 Å². The van der Waals surface area contributed by atoms with Crippen LogP contribution in [0.1, 0.15) is 0 Å². The summed E-state index contributed by atoms with van der Waals surface area (Å²) in [5.74, 6) is 0. The van der Waals surface area contributed by atoms with Gasteiger partial charge in [0.2, 0.25) is 0 Å². The quantitative estimate of drug-likeness (QED) is 0.682. The Kier molecular flexibility index (Phi) is 2.33. The highest BCUT2D eigenvalue weighted by Crippen LogP contribution is 2.12. The smallest absolute Gasteiger partial charge is 0.409 e. The van der Waals surface area contributed by atoms with Gasteiger partial charge in [-0.05, 0) is 24.3 Å². The van der Waals surface area contributed by atoms with Gasteiger partial charge in [0.25, 0.3) is 0 Å². The number of hydrogen-bond acceptors (Lipinski definition) is 1. The van der Waals surface area contributed by atoms with E-state index in [1.807, 2.05) is 0 Å². The van der Waals surface area contributed by atoms with E-state index < -0.39 is 6.09 Å². The van der Waals surface area contributed by atoms with Crippen molar-refractivity contribution in [3.05, 3.63) is 29.3 Å². The Labute approximate surface area is 68.6 Å². The molecule has 0 saturated heterocycles. The first-order valence-electron chi connectivity index (χ1n) is 2.94. The van der Waals surface area contributed by atoms with E-state index in [2.05, 4.69) is 5.32 Å². The molecule has 2 N–H and O–H groups in total. The van der Waals surface area contributed by atoms with Crippen LogP contribution < -0.4 is 5.32 Å². The Morgan fingerprint density at radius 2 is 1.91 bits per heavy atom. The summed E-state index contributed by atoms with van der Waals surface area (Å²) in [6.07, 6.45) is -1.08. The van der Waals surface area contributed by atoms with E-state index in [0.717, 1.165) is 0 Å². The average Bonchev–Trinajstić information content (AvgIpc) is 1.93. The Morgan fingerprint density at radius 3 is 2.36 bits per heavy atom. The molecule has 1 amide bonds. The van der Waals surface area contributed by atoms with Crippen LogP contribution in [0, 0.1) is 0 Å².